The van der Waals surface area contributed by atoms with Crippen LogP contribution in [0.4, 0.5) is 5.69 Å². The average Bonchev–Trinajstić information content (AvgIpc) is 3.27. The molecule has 2 aliphatic rings. The van der Waals surface area contributed by atoms with E-state index in [4.69, 9.17) is 9.47 Å². The summed E-state index contributed by atoms with van der Waals surface area (Å²) in [5, 5.41) is 14.3. The lowest BCUT2D eigenvalue weighted by atomic mass is 9.95. The van der Waals surface area contributed by atoms with Gasteiger partial charge >= 0.3 is 0 Å². The highest BCUT2D eigenvalue weighted by atomic mass is 32.2. The lowest BCUT2D eigenvalue weighted by Crippen LogP contribution is -2.32. The average molecular weight is 466 g/mol. The third-order valence-corrected chi connectivity index (χ3v) is 6.89. The molecule has 1 aromatic heterocycles. The van der Waals surface area contributed by atoms with Crippen LogP contribution in [0.1, 0.15) is 28.8 Å². The van der Waals surface area contributed by atoms with Crippen LogP contribution >= 0.6 is 11.8 Å². The van der Waals surface area contributed by atoms with Crippen LogP contribution in [-0.4, -0.2) is 45.7 Å². The first-order valence-corrected chi connectivity index (χ1v) is 11.6. The molecule has 33 heavy (non-hydrogen) atoms. The van der Waals surface area contributed by atoms with Gasteiger partial charge in [0.1, 0.15) is 6.33 Å². The van der Waals surface area contributed by atoms with Crippen LogP contribution in [-0.2, 0) is 17.3 Å². The minimum atomic E-state index is -0.153. The molecule has 1 fully saturated rings. The van der Waals surface area contributed by atoms with Gasteiger partial charge in [0.25, 0.3) is 5.91 Å². The van der Waals surface area contributed by atoms with Gasteiger partial charge in [-0.05, 0) is 54.8 Å². The van der Waals surface area contributed by atoms with Crippen LogP contribution in [0.2, 0.25) is 0 Å². The maximum absolute atomic E-state index is 12.7. The predicted molar refractivity (Wildman–Crippen MR) is 123 cm³/mol. The molecule has 3 aromatic rings. The molecule has 0 bridgehead atoms. The number of carbonyl (C=O) groups is 2. The number of benzene rings is 2. The van der Waals surface area contributed by atoms with Gasteiger partial charge in [0.2, 0.25) is 12.7 Å². The Morgan fingerprint density at radius 1 is 1.12 bits per heavy atom. The van der Waals surface area contributed by atoms with E-state index in [9.17, 15) is 9.59 Å². The number of aryl methyl sites for hydroxylation is 1. The van der Waals surface area contributed by atoms with Crippen molar-refractivity contribution in [3.63, 3.8) is 0 Å². The summed E-state index contributed by atoms with van der Waals surface area (Å²) >= 11 is 1.31. The van der Waals surface area contributed by atoms with Crippen LogP contribution in [0.3, 0.4) is 0 Å². The fraction of sp³-hybridized carbons (Fsp3) is 0.304. The topological polar surface area (TPSA) is 107 Å². The minimum absolute atomic E-state index is 0.0506. The van der Waals surface area contributed by atoms with Gasteiger partial charge in [-0.3, -0.25) is 9.59 Å². The number of anilines is 1. The molecule has 9 nitrogen and oxygen atoms in total. The second-order valence-electron chi connectivity index (χ2n) is 8.17. The molecule has 2 aromatic carbocycles. The van der Waals surface area contributed by atoms with Gasteiger partial charge in [0.05, 0.1) is 5.75 Å². The third-order valence-electron chi connectivity index (χ3n) is 5.86. The van der Waals surface area contributed by atoms with E-state index in [1.165, 1.54) is 11.8 Å². The molecular weight excluding hydrogens is 442 g/mol. The monoisotopic (exact) mass is 465 g/mol. The van der Waals surface area contributed by atoms with Gasteiger partial charge in [-0.1, -0.05) is 17.8 Å². The maximum Gasteiger partial charge on any atom is 0.251 e. The Morgan fingerprint density at radius 2 is 1.91 bits per heavy atom. The first kappa shape index (κ1) is 21.3. The smallest absolute Gasteiger partial charge is 0.251 e. The van der Waals surface area contributed by atoms with E-state index in [0.29, 0.717) is 23.0 Å². The Balaban J connectivity index is 1.13. The molecule has 2 amide bonds. The molecule has 1 aliphatic heterocycles. The summed E-state index contributed by atoms with van der Waals surface area (Å²) < 4.78 is 12.6. The quantitative estimate of drug-likeness (QED) is 0.493. The minimum Gasteiger partial charge on any atom is -0.454 e. The summed E-state index contributed by atoms with van der Waals surface area (Å²) in [7, 11) is 1.82. The SMILES string of the molecule is Cn1cnnc1SCC(=O)Nc1ccc(C(=O)NCC2(c3ccc4c(c3)OCO4)CC2)cc1. The van der Waals surface area contributed by atoms with Crippen LogP contribution in [0.15, 0.2) is 53.9 Å². The molecule has 0 atom stereocenters. The van der Waals surface area contributed by atoms with Crippen molar-refractivity contribution in [2.75, 3.05) is 24.4 Å². The highest BCUT2D eigenvalue weighted by molar-refractivity contribution is 7.99. The zero-order chi connectivity index (χ0) is 22.8. The molecule has 2 N–H and O–H groups in total. The summed E-state index contributed by atoms with van der Waals surface area (Å²) in [6.45, 7) is 0.808. The molecule has 10 heteroatoms. The Bertz CT molecular complexity index is 1190. The van der Waals surface area contributed by atoms with Gasteiger partial charge < -0.3 is 24.7 Å². The molecule has 170 valence electrons. The van der Waals surface area contributed by atoms with E-state index < -0.39 is 0 Å². The van der Waals surface area contributed by atoms with E-state index >= 15 is 0 Å². The Kier molecular flexibility index (Phi) is 5.67. The van der Waals surface area contributed by atoms with E-state index in [0.717, 1.165) is 29.9 Å². The second-order valence-corrected chi connectivity index (χ2v) is 9.11. The highest BCUT2D eigenvalue weighted by Gasteiger charge is 2.45. The van der Waals surface area contributed by atoms with E-state index in [2.05, 4.69) is 20.8 Å². The van der Waals surface area contributed by atoms with Crippen molar-refractivity contribution in [2.45, 2.75) is 23.4 Å². The Morgan fingerprint density at radius 3 is 2.64 bits per heavy atom. The lowest BCUT2D eigenvalue weighted by molar-refractivity contribution is -0.113. The highest BCUT2D eigenvalue weighted by Crippen LogP contribution is 2.49. The molecule has 0 saturated heterocycles. The number of rotatable bonds is 8. The summed E-state index contributed by atoms with van der Waals surface area (Å²) in [5.74, 6) is 1.45. The number of aromatic nitrogens is 3. The van der Waals surface area contributed by atoms with Crippen molar-refractivity contribution in [3.05, 3.63) is 59.9 Å². The van der Waals surface area contributed by atoms with Gasteiger partial charge in [-0.25, -0.2) is 0 Å². The van der Waals surface area contributed by atoms with Crippen LogP contribution < -0.4 is 20.1 Å². The molecular formula is C23H23N5O4S. The molecule has 0 radical (unpaired) electrons. The van der Waals surface area contributed by atoms with Gasteiger partial charge in [-0.15, -0.1) is 10.2 Å². The third kappa shape index (κ3) is 4.65. The number of hydrogen-bond acceptors (Lipinski definition) is 7. The Labute approximate surface area is 194 Å². The zero-order valence-electron chi connectivity index (χ0n) is 18.0. The van der Waals surface area contributed by atoms with E-state index in [1.54, 1.807) is 35.2 Å². The summed E-state index contributed by atoms with van der Waals surface area (Å²) in [4.78, 5) is 24.9. The van der Waals surface area contributed by atoms with E-state index in [-0.39, 0.29) is 29.8 Å². The standard InChI is InChI=1S/C23H23N5O4S/c1-28-13-25-27-22(28)33-11-20(29)26-17-5-2-15(3-6-17)21(30)24-12-23(8-9-23)16-4-7-18-19(10-16)32-14-31-18/h2-7,10,13H,8-9,11-12,14H2,1H3,(H,24,30)(H,26,29). The van der Waals surface area contributed by atoms with Crippen molar-refractivity contribution in [3.8, 4) is 11.5 Å². The van der Waals surface area contributed by atoms with E-state index in [1.807, 2.05) is 25.2 Å². The molecule has 0 unspecified atom stereocenters. The molecule has 1 saturated carbocycles. The zero-order valence-corrected chi connectivity index (χ0v) is 18.9. The molecule has 1 aliphatic carbocycles. The lowest BCUT2D eigenvalue weighted by Gasteiger charge is -2.17. The molecule has 2 heterocycles. The summed E-state index contributed by atoms with van der Waals surface area (Å²) in [5.41, 5.74) is 2.28. The molecule has 0 spiro atoms. The number of amides is 2. The summed E-state index contributed by atoms with van der Waals surface area (Å²) in [6.07, 6.45) is 3.62. The summed E-state index contributed by atoms with van der Waals surface area (Å²) in [6, 6.07) is 12.9. The van der Waals surface area contributed by atoms with Crippen molar-refractivity contribution < 1.29 is 19.1 Å². The van der Waals surface area contributed by atoms with Crippen LogP contribution in [0, 0.1) is 0 Å². The van der Waals surface area contributed by atoms with Crippen molar-refractivity contribution in [1.82, 2.24) is 20.1 Å². The van der Waals surface area contributed by atoms with Crippen LogP contribution in [0.25, 0.3) is 0 Å². The van der Waals surface area contributed by atoms with Gasteiger partial charge in [0.15, 0.2) is 16.7 Å². The molecule has 5 rings (SSSR count). The number of nitrogens with zero attached hydrogens (tertiary/aromatic N) is 3. The van der Waals surface area contributed by atoms with Crippen molar-refractivity contribution in [2.24, 2.45) is 7.05 Å². The van der Waals surface area contributed by atoms with Crippen molar-refractivity contribution >= 4 is 29.3 Å². The number of ether oxygens (including phenoxy) is 2. The van der Waals surface area contributed by atoms with Crippen LogP contribution in [0.5, 0.6) is 11.5 Å². The number of thioether (sulfide) groups is 1. The number of carbonyl (C=O) groups excluding carboxylic acids is 2. The number of nitrogens with one attached hydrogen (secondary N) is 2. The van der Waals surface area contributed by atoms with Gasteiger partial charge in [-0.2, -0.15) is 0 Å². The number of fused-ring (bicyclic) bond motifs is 1. The maximum atomic E-state index is 12.7. The van der Waals surface area contributed by atoms with Crippen molar-refractivity contribution in [1.29, 1.82) is 0 Å². The number of hydrogen-bond donors (Lipinski definition) is 2. The largest absolute Gasteiger partial charge is 0.454 e. The Hall–Kier alpha value is -3.53. The fourth-order valence-electron chi connectivity index (χ4n) is 3.73. The normalized spacial score (nSPS) is 15.2. The first-order chi connectivity index (χ1) is 16.0. The second kappa shape index (κ2) is 8.78. The predicted octanol–water partition coefficient (Wildman–Crippen LogP) is 2.74. The van der Waals surface area contributed by atoms with Gasteiger partial charge in [0, 0.05) is 30.3 Å². The fourth-order valence-corrected chi connectivity index (χ4v) is 4.42. The first-order valence-electron chi connectivity index (χ1n) is 10.6.